The van der Waals surface area contributed by atoms with E-state index in [1.807, 2.05) is 0 Å². The van der Waals surface area contributed by atoms with Crippen LogP contribution in [0.3, 0.4) is 0 Å². The SMILES string of the molecule is CC1CCN(CCC(=O)c2cccc(F)c2)CC1. The largest absolute Gasteiger partial charge is 0.303 e. The first-order valence-corrected chi connectivity index (χ1v) is 6.66. The van der Waals surface area contributed by atoms with E-state index >= 15 is 0 Å². The molecule has 1 aromatic carbocycles. The Balaban J connectivity index is 1.81. The minimum atomic E-state index is -0.340. The molecule has 1 fully saturated rings. The average Bonchev–Trinajstić information content (AvgIpc) is 2.38. The molecule has 1 saturated heterocycles. The first kappa shape index (κ1) is 13.2. The third-order valence-electron chi connectivity index (χ3n) is 3.68. The van der Waals surface area contributed by atoms with Crippen LogP contribution in [0, 0.1) is 11.7 Å². The van der Waals surface area contributed by atoms with Crippen molar-refractivity contribution in [1.82, 2.24) is 4.90 Å². The highest BCUT2D eigenvalue weighted by atomic mass is 19.1. The second kappa shape index (κ2) is 6.10. The molecule has 1 aliphatic heterocycles. The number of halogens is 1. The van der Waals surface area contributed by atoms with Gasteiger partial charge >= 0.3 is 0 Å². The van der Waals surface area contributed by atoms with E-state index in [1.165, 1.54) is 25.0 Å². The van der Waals surface area contributed by atoms with Crippen molar-refractivity contribution in [3.05, 3.63) is 35.6 Å². The van der Waals surface area contributed by atoms with Gasteiger partial charge in [0.15, 0.2) is 5.78 Å². The Hall–Kier alpha value is -1.22. The van der Waals surface area contributed by atoms with Crippen LogP contribution in [0.1, 0.15) is 36.5 Å². The summed E-state index contributed by atoms with van der Waals surface area (Å²) < 4.78 is 13.0. The molecule has 0 amide bonds. The number of likely N-dealkylation sites (tertiary alicyclic amines) is 1. The van der Waals surface area contributed by atoms with Gasteiger partial charge in [-0.05, 0) is 44.0 Å². The third kappa shape index (κ3) is 3.64. The van der Waals surface area contributed by atoms with Gasteiger partial charge in [-0.2, -0.15) is 0 Å². The minimum absolute atomic E-state index is 0.0353. The Bertz CT molecular complexity index is 411. The first-order chi connectivity index (χ1) is 8.65. The van der Waals surface area contributed by atoms with Crippen LogP contribution in [0.25, 0.3) is 0 Å². The Kier molecular flexibility index (Phi) is 4.48. The van der Waals surface area contributed by atoms with E-state index in [2.05, 4.69) is 11.8 Å². The van der Waals surface area contributed by atoms with Gasteiger partial charge in [0.1, 0.15) is 5.82 Å². The number of carbonyl (C=O) groups excluding carboxylic acids is 1. The molecule has 0 bridgehead atoms. The smallest absolute Gasteiger partial charge is 0.164 e. The van der Waals surface area contributed by atoms with Crippen LogP contribution in [0.15, 0.2) is 24.3 Å². The predicted molar refractivity (Wildman–Crippen MR) is 70.2 cm³/mol. The number of hydrogen-bond donors (Lipinski definition) is 0. The molecule has 98 valence electrons. The van der Waals surface area contributed by atoms with E-state index in [4.69, 9.17) is 0 Å². The number of carbonyl (C=O) groups is 1. The van der Waals surface area contributed by atoms with Crippen molar-refractivity contribution in [3.63, 3.8) is 0 Å². The number of nitrogens with zero attached hydrogens (tertiary/aromatic N) is 1. The molecule has 18 heavy (non-hydrogen) atoms. The summed E-state index contributed by atoms with van der Waals surface area (Å²) in [5, 5.41) is 0. The standard InChI is InChI=1S/C15H20FNO/c1-12-5-8-17(9-6-12)10-7-15(18)13-3-2-4-14(16)11-13/h2-4,11-12H,5-10H2,1H3. The molecule has 0 atom stereocenters. The molecule has 1 heterocycles. The van der Waals surface area contributed by atoms with E-state index < -0.39 is 0 Å². The van der Waals surface area contributed by atoms with Gasteiger partial charge in [0.2, 0.25) is 0 Å². The average molecular weight is 249 g/mol. The van der Waals surface area contributed by atoms with E-state index in [0.717, 1.165) is 25.6 Å². The van der Waals surface area contributed by atoms with Gasteiger partial charge < -0.3 is 4.90 Å². The molecule has 0 radical (unpaired) electrons. The number of Topliss-reactive ketones (excluding diaryl/α,β-unsaturated/α-hetero) is 1. The summed E-state index contributed by atoms with van der Waals surface area (Å²) >= 11 is 0. The second-order valence-electron chi connectivity index (χ2n) is 5.21. The number of rotatable bonds is 4. The summed E-state index contributed by atoms with van der Waals surface area (Å²) in [5.74, 6) is 0.501. The first-order valence-electron chi connectivity index (χ1n) is 6.66. The van der Waals surface area contributed by atoms with Crippen molar-refractivity contribution in [1.29, 1.82) is 0 Å². The molecular formula is C15H20FNO. The summed E-state index contributed by atoms with van der Waals surface area (Å²) in [5.41, 5.74) is 0.486. The van der Waals surface area contributed by atoms with E-state index in [-0.39, 0.29) is 11.6 Å². The fourth-order valence-corrected chi connectivity index (χ4v) is 2.35. The zero-order chi connectivity index (χ0) is 13.0. The summed E-state index contributed by atoms with van der Waals surface area (Å²) in [6.45, 7) is 5.23. The van der Waals surface area contributed by atoms with Crippen LogP contribution in [-0.2, 0) is 0 Å². The van der Waals surface area contributed by atoms with Crippen molar-refractivity contribution in [2.75, 3.05) is 19.6 Å². The molecule has 0 unspecified atom stereocenters. The van der Waals surface area contributed by atoms with Crippen molar-refractivity contribution in [2.45, 2.75) is 26.2 Å². The highest BCUT2D eigenvalue weighted by molar-refractivity contribution is 5.96. The van der Waals surface area contributed by atoms with Crippen LogP contribution in [0.4, 0.5) is 4.39 Å². The van der Waals surface area contributed by atoms with E-state index in [0.29, 0.717) is 12.0 Å². The second-order valence-corrected chi connectivity index (χ2v) is 5.21. The van der Waals surface area contributed by atoms with Gasteiger partial charge in [-0.25, -0.2) is 4.39 Å². The Morgan fingerprint density at radius 1 is 1.39 bits per heavy atom. The molecule has 2 rings (SSSR count). The molecule has 2 nitrogen and oxygen atoms in total. The summed E-state index contributed by atoms with van der Waals surface area (Å²) in [7, 11) is 0. The van der Waals surface area contributed by atoms with Crippen molar-refractivity contribution in [2.24, 2.45) is 5.92 Å². The zero-order valence-electron chi connectivity index (χ0n) is 10.9. The molecule has 0 aromatic heterocycles. The molecule has 1 aromatic rings. The van der Waals surface area contributed by atoms with Crippen LogP contribution in [-0.4, -0.2) is 30.3 Å². The lowest BCUT2D eigenvalue weighted by atomic mass is 9.99. The molecule has 0 spiro atoms. The molecule has 3 heteroatoms. The van der Waals surface area contributed by atoms with Crippen LogP contribution in [0.2, 0.25) is 0 Å². The monoisotopic (exact) mass is 249 g/mol. The topological polar surface area (TPSA) is 20.3 Å². The van der Waals surface area contributed by atoms with Gasteiger partial charge in [0.25, 0.3) is 0 Å². The maximum absolute atomic E-state index is 13.0. The quantitative estimate of drug-likeness (QED) is 0.764. The number of ketones is 1. The maximum atomic E-state index is 13.0. The highest BCUT2D eigenvalue weighted by Gasteiger charge is 2.16. The van der Waals surface area contributed by atoms with Gasteiger partial charge in [-0.1, -0.05) is 19.1 Å². The normalized spacial score (nSPS) is 17.9. The lowest BCUT2D eigenvalue weighted by molar-refractivity contribution is 0.0952. The van der Waals surface area contributed by atoms with Crippen molar-refractivity contribution < 1.29 is 9.18 Å². The Morgan fingerprint density at radius 3 is 2.78 bits per heavy atom. The van der Waals surface area contributed by atoms with Crippen LogP contribution >= 0.6 is 0 Å². The molecule has 0 aliphatic carbocycles. The lowest BCUT2D eigenvalue weighted by Crippen LogP contribution is -2.34. The van der Waals surface area contributed by atoms with E-state index in [1.54, 1.807) is 12.1 Å². The summed E-state index contributed by atoms with van der Waals surface area (Å²) in [6.07, 6.45) is 2.92. The molecule has 0 N–H and O–H groups in total. The van der Waals surface area contributed by atoms with Gasteiger partial charge in [-0.15, -0.1) is 0 Å². The minimum Gasteiger partial charge on any atom is -0.303 e. The lowest BCUT2D eigenvalue weighted by Gasteiger charge is -2.29. The third-order valence-corrected chi connectivity index (χ3v) is 3.68. The van der Waals surface area contributed by atoms with Gasteiger partial charge in [0, 0.05) is 18.5 Å². The van der Waals surface area contributed by atoms with Crippen molar-refractivity contribution in [3.8, 4) is 0 Å². The zero-order valence-corrected chi connectivity index (χ0v) is 10.9. The highest BCUT2D eigenvalue weighted by Crippen LogP contribution is 2.16. The van der Waals surface area contributed by atoms with Crippen molar-refractivity contribution >= 4 is 5.78 Å². The van der Waals surface area contributed by atoms with Gasteiger partial charge in [-0.3, -0.25) is 4.79 Å². The number of hydrogen-bond acceptors (Lipinski definition) is 2. The van der Waals surface area contributed by atoms with Crippen LogP contribution < -0.4 is 0 Å². The Morgan fingerprint density at radius 2 is 2.11 bits per heavy atom. The summed E-state index contributed by atoms with van der Waals surface area (Å²) in [4.78, 5) is 14.2. The fraction of sp³-hybridized carbons (Fsp3) is 0.533. The Labute approximate surface area is 108 Å². The van der Waals surface area contributed by atoms with Crippen LogP contribution in [0.5, 0.6) is 0 Å². The molecule has 0 saturated carbocycles. The maximum Gasteiger partial charge on any atom is 0.164 e. The fourth-order valence-electron chi connectivity index (χ4n) is 2.35. The number of benzene rings is 1. The number of piperidine rings is 1. The van der Waals surface area contributed by atoms with E-state index in [9.17, 15) is 9.18 Å². The predicted octanol–water partition coefficient (Wildman–Crippen LogP) is 3.13. The van der Waals surface area contributed by atoms with Gasteiger partial charge in [0.05, 0.1) is 0 Å². The summed E-state index contributed by atoms with van der Waals surface area (Å²) in [6, 6.07) is 5.96. The molecular weight excluding hydrogens is 229 g/mol. The molecule has 1 aliphatic rings.